The van der Waals surface area contributed by atoms with Crippen molar-refractivity contribution < 1.29 is 9.13 Å². The summed E-state index contributed by atoms with van der Waals surface area (Å²) >= 11 is 0. The van der Waals surface area contributed by atoms with Gasteiger partial charge in [0, 0.05) is 17.7 Å². The quantitative estimate of drug-likeness (QED) is 0.851. The molecule has 0 aliphatic rings. The van der Waals surface area contributed by atoms with Gasteiger partial charge in [0.25, 0.3) is 0 Å². The zero-order valence-electron chi connectivity index (χ0n) is 9.40. The summed E-state index contributed by atoms with van der Waals surface area (Å²) in [5.41, 5.74) is 6.44. The summed E-state index contributed by atoms with van der Waals surface area (Å²) in [7, 11) is 0. The lowest BCUT2D eigenvalue weighted by Crippen LogP contribution is -2.15. The first-order valence-electron chi connectivity index (χ1n) is 5.19. The van der Waals surface area contributed by atoms with Gasteiger partial charge in [-0.05, 0) is 19.4 Å². The highest BCUT2D eigenvalue weighted by Crippen LogP contribution is 2.26. The molecule has 0 aliphatic carbocycles. The summed E-state index contributed by atoms with van der Waals surface area (Å²) in [4.78, 5) is 0. The molecule has 0 heterocycles. The molecule has 0 aromatic heterocycles. The van der Waals surface area contributed by atoms with Crippen LogP contribution in [0.4, 0.5) is 4.39 Å². The van der Waals surface area contributed by atoms with Crippen molar-refractivity contribution in [2.45, 2.75) is 32.4 Å². The topological polar surface area (TPSA) is 59.0 Å². The number of hydrogen-bond acceptors (Lipinski definition) is 3. The Balaban J connectivity index is 3.01. The van der Waals surface area contributed by atoms with Gasteiger partial charge in [0.05, 0.1) is 0 Å². The van der Waals surface area contributed by atoms with Crippen LogP contribution in [0.25, 0.3) is 0 Å². The van der Waals surface area contributed by atoms with Crippen molar-refractivity contribution in [1.82, 2.24) is 0 Å². The average Bonchev–Trinajstić information content (AvgIpc) is 2.25. The lowest BCUT2D eigenvalue weighted by atomic mass is 10.1. The molecule has 4 heteroatoms. The third-order valence-electron chi connectivity index (χ3n) is 2.25. The van der Waals surface area contributed by atoms with E-state index in [1.54, 1.807) is 13.0 Å². The Morgan fingerprint density at radius 2 is 2.25 bits per heavy atom. The number of rotatable bonds is 4. The fourth-order valence-electron chi connectivity index (χ4n) is 1.34. The molecule has 1 aromatic rings. The zero-order chi connectivity index (χ0) is 12.1. The van der Waals surface area contributed by atoms with Crippen molar-refractivity contribution in [3.63, 3.8) is 0 Å². The maximum absolute atomic E-state index is 13.1. The van der Waals surface area contributed by atoms with Gasteiger partial charge in [0.2, 0.25) is 0 Å². The molecule has 3 nitrogen and oxygen atoms in total. The van der Waals surface area contributed by atoms with Crippen LogP contribution in [0.15, 0.2) is 18.2 Å². The minimum absolute atomic E-state index is 0.258. The van der Waals surface area contributed by atoms with Crippen LogP contribution < -0.4 is 10.5 Å². The van der Waals surface area contributed by atoms with Crippen molar-refractivity contribution in [3.05, 3.63) is 29.6 Å². The van der Waals surface area contributed by atoms with Gasteiger partial charge in [-0.25, -0.2) is 4.39 Å². The molecular formula is C12H15FN2O. The van der Waals surface area contributed by atoms with E-state index >= 15 is 0 Å². The first kappa shape index (κ1) is 12.5. The monoisotopic (exact) mass is 222 g/mol. The minimum Gasteiger partial charge on any atom is -0.475 e. The normalized spacial score (nSPS) is 13.9. The van der Waals surface area contributed by atoms with Crippen LogP contribution in [0.2, 0.25) is 0 Å². The van der Waals surface area contributed by atoms with Crippen LogP contribution in [-0.2, 0) is 0 Å². The molecule has 0 bridgehead atoms. The summed E-state index contributed by atoms with van der Waals surface area (Å²) in [6.07, 6.45) is -0.0231. The van der Waals surface area contributed by atoms with E-state index in [1.165, 1.54) is 12.1 Å². The highest BCUT2D eigenvalue weighted by atomic mass is 19.1. The molecule has 0 saturated carbocycles. The van der Waals surface area contributed by atoms with Gasteiger partial charge in [-0.2, -0.15) is 5.26 Å². The summed E-state index contributed by atoms with van der Waals surface area (Å²) in [6.45, 7) is 3.62. The Labute approximate surface area is 94.6 Å². The second-order valence-corrected chi connectivity index (χ2v) is 3.61. The molecule has 2 N–H and O–H groups in total. The fourth-order valence-corrected chi connectivity index (χ4v) is 1.34. The second-order valence-electron chi connectivity index (χ2n) is 3.61. The van der Waals surface area contributed by atoms with Gasteiger partial charge in [-0.1, -0.05) is 13.0 Å². The van der Waals surface area contributed by atoms with Crippen molar-refractivity contribution in [2.24, 2.45) is 5.73 Å². The molecule has 0 aliphatic heterocycles. The Hall–Kier alpha value is -1.60. The molecule has 0 spiro atoms. The second kappa shape index (κ2) is 5.47. The molecule has 86 valence electrons. The molecule has 1 aromatic carbocycles. The molecule has 0 fully saturated rings. The van der Waals surface area contributed by atoms with Crippen LogP contribution >= 0.6 is 0 Å². The lowest BCUT2D eigenvalue weighted by Gasteiger charge is -2.16. The Kier molecular flexibility index (Phi) is 4.27. The van der Waals surface area contributed by atoms with Crippen LogP contribution in [0.3, 0.4) is 0 Å². The summed E-state index contributed by atoms with van der Waals surface area (Å²) in [5.74, 6) is -0.0457. The highest BCUT2D eigenvalue weighted by Gasteiger charge is 2.13. The molecule has 2 atom stereocenters. The third-order valence-corrected chi connectivity index (χ3v) is 2.25. The zero-order valence-corrected chi connectivity index (χ0v) is 9.40. The summed E-state index contributed by atoms with van der Waals surface area (Å²) in [6, 6.07) is 5.92. The fraction of sp³-hybridized carbons (Fsp3) is 0.417. The molecule has 0 saturated heterocycles. The van der Waals surface area contributed by atoms with Crippen LogP contribution in [-0.4, -0.2) is 6.10 Å². The maximum Gasteiger partial charge on any atom is 0.184 e. The molecule has 1 rings (SSSR count). The highest BCUT2D eigenvalue weighted by molar-refractivity contribution is 5.36. The van der Waals surface area contributed by atoms with E-state index in [0.29, 0.717) is 17.7 Å². The summed E-state index contributed by atoms with van der Waals surface area (Å²) in [5, 5.41) is 8.79. The lowest BCUT2D eigenvalue weighted by molar-refractivity contribution is 0.247. The number of hydrogen-bond donors (Lipinski definition) is 1. The van der Waals surface area contributed by atoms with Gasteiger partial charge in [-0.3, -0.25) is 0 Å². The Morgan fingerprint density at radius 1 is 1.56 bits per heavy atom. The van der Waals surface area contributed by atoms with Crippen LogP contribution in [0, 0.1) is 17.1 Å². The van der Waals surface area contributed by atoms with Crippen LogP contribution in [0.1, 0.15) is 31.9 Å². The smallest absolute Gasteiger partial charge is 0.184 e. The van der Waals surface area contributed by atoms with Crippen molar-refractivity contribution >= 4 is 0 Å². The Morgan fingerprint density at radius 3 is 2.75 bits per heavy atom. The number of nitrogens with two attached hydrogens (primary N) is 1. The van der Waals surface area contributed by atoms with Gasteiger partial charge < -0.3 is 10.5 Å². The van der Waals surface area contributed by atoms with Gasteiger partial charge in [-0.15, -0.1) is 0 Å². The number of nitrogens with zero attached hydrogens (tertiary/aromatic N) is 1. The average molecular weight is 222 g/mol. The largest absolute Gasteiger partial charge is 0.475 e. The first-order chi connectivity index (χ1) is 7.58. The minimum atomic E-state index is -0.570. The molecular weight excluding hydrogens is 207 g/mol. The van der Waals surface area contributed by atoms with Gasteiger partial charge in [0.15, 0.2) is 6.10 Å². The van der Waals surface area contributed by atoms with Gasteiger partial charge >= 0.3 is 0 Å². The van der Waals surface area contributed by atoms with Crippen molar-refractivity contribution in [1.29, 1.82) is 5.26 Å². The van der Waals surface area contributed by atoms with E-state index in [0.717, 1.165) is 0 Å². The van der Waals surface area contributed by atoms with E-state index in [2.05, 4.69) is 0 Å². The SMILES string of the molecule is CCC(C#N)Oc1cc(F)ccc1C(C)N. The summed E-state index contributed by atoms with van der Waals surface area (Å²) < 4.78 is 18.5. The van der Waals surface area contributed by atoms with Gasteiger partial charge in [0.1, 0.15) is 17.6 Å². The molecule has 16 heavy (non-hydrogen) atoms. The number of ether oxygens (including phenoxy) is 1. The van der Waals surface area contributed by atoms with E-state index in [-0.39, 0.29) is 6.04 Å². The predicted molar refractivity (Wildman–Crippen MR) is 59.3 cm³/mol. The number of nitriles is 1. The predicted octanol–water partition coefficient (Wildman–Crippen LogP) is 2.53. The number of halogens is 1. The van der Waals surface area contributed by atoms with Crippen LogP contribution in [0.5, 0.6) is 5.75 Å². The number of benzene rings is 1. The van der Waals surface area contributed by atoms with E-state index < -0.39 is 11.9 Å². The van der Waals surface area contributed by atoms with E-state index in [4.69, 9.17) is 15.7 Å². The Bertz CT molecular complexity index is 398. The maximum atomic E-state index is 13.1. The van der Waals surface area contributed by atoms with E-state index in [9.17, 15) is 4.39 Å². The first-order valence-corrected chi connectivity index (χ1v) is 5.19. The third kappa shape index (κ3) is 2.94. The van der Waals surface area contributed by atoms with E-state index in [1.807, 2.05) is 13.0 Å². The van der Waals surface area contributed by atoms with Crippen molar-refractivity contribution in [2.75, 3.05) is 0 Å². The molecule has 2 unspecified atom stereocenters. The molecule has 0 amide bonds. The molecule has 0 radical (unpaired) electrons. The standard InChI is InChI=1S/C12H15FN2O/c1-3-10(7-14)16-12-6-9(13)4-5-11(12)8(2)15/h4-6,8,10H,3,15H2,1-2H3. The van der Waals surface area contributed by atoms with Crippen molar-refractivity contribution in [3.8, 4) is 11.8 Å².